The number of para-hydroxylation sites is 2. The molecule has 152 valence electrons. The second-order valence-electron chi connectivity index (χ2n) is 6.84. The number of nitrogens with one attached hydrogen (secondary N) is 1. The quantitative estimate of drug-likeness (QED) is 0.370. The van der Waals surface area contributed by atoms with E-state index in [9.17, 15) is 4.79 Å². The van der Waals surface area contributed by atoms with E-state index in [2.05, 4.69) is 39.4 Å². The van der Waals surface area contributed by atoms with Crippen molar-refractivity contribution in [1.82, 2.24) is 9.99 Å². The molecule has 0 bridgehead atoms. The van der Waals surface area contributed by atoms with Gasteiger partial charge in [0.15, 0.2) is 11.5 Å². The van der Waals surface area contributed by atoms with Gasteiger partial charge in [-0.3, -0.25) is 4.79 Å². The number of rotatable bonds is 7. The lowest BCUT2D eigenvalue weighted by Crippen LogP contribution is -2.19. The molecule has 1 heterocycles. The van der Waals surface area contributed by atoms with E-state index in [1.54, 1.807) is 32.6 Å². The van der Waals surface area contributed by atoms with Crippen molar-refractivity contribution in [3.05, 3.63) is 72.3 Å². The standard InChI is InChI=1S/C24H23N3O3/c1-29-22-12-11-17(15-23(22)30-2)16-25-26-24(28)13-14-27-20-9-5-3-7-18(20)19-8-4-6-10-21(19)27/h3-12,15-16H,13-14H2,1-2H3,(H,26,28)/b25-16-. The smallest absolute Gasteiger partial charge is 0.241 e. The molecule has 0 atom stereocenters. The normalized spacial score (nSPS) is 11.3. The highest BCUT2D eigenvalue weighted by Gasteiger charge is 2.10. The monoisotopic (exact) mass is 401 g/mol. The Morgan fingerprint density at radius 2 is 1.57 bits per heavy atom. The van der Waals surface area contributed by atoms with Gasteiger partial charge in [-0.1, -0.05) is 36.4 Å². The van der Waals surface area contributed by atoms with E-state index in [0.29, 0.717) is 24.5 Å². The highest BCUT2D eigenvalue weighted by molar-refractivity contribution is 6.08. The molecule has 0 aliphatic carbocycles. The Morgan fingerprint density at radius 1 is 0.933 bits per heavy atom. The highest BCUT2D eigenvalue weighted by Crippen LogP contribution is 2.29. The summed E-state index contributed by atoms with van der Waals surface area (Å²) in [5, 5.41) is 6.46. The molecule has 0 fully saturated rings. The topological polar surface area (TPSA) is 64.8 Å². The number of carbonyl (C=O) groups is 1. The molecule has 4 aromatic rings. The number of amides is 1. The van der Waals surface area contributed by atoms with Gasteiger partial charge in [0, 0.05) is 34.8 Å². The van der Waals surface area contributed by atoms with Crippen LogP contribution in [0.5, 0.6) is 11.5 Å². The molecule has 0 radical (unpaired) electrons. The Morgan fingerprint density at radius 3 is 2.20 bits per heavy atom. The molecule has 0 saturated heterocycles. The van der Waals surface area contributed by atoms with E-state index in [1.807, 2.05) is 30.3 Å². The van der Waals surface area contributed by atoms with Crippen LogP contribution in [0.2, 0.25) is 0 Å². The molecule has 0 spiro atoms. The Bertz CT molecular complexity index is 1170. The van der Waals surface area contributed by atoms with Gasteiger partial charge < -0.3 is 14.0 Å². The fourth-order valence-electron chi connectivity index (χ4n) is 3.63. The fourth-order valence-corrected chi connectivity index (χ4v) is 3.63. The summed E-state index contributed by atoms with van der Waals surface area (Å²) in [6.45, 7) is 0.575. The molecule has 1 aromatic heterocycles. The van der Waals surface area contributed by atoms with Crippen LogP contribution in [0.15, 0.2) is 71.8 Å². The van der Waals surface area contributed by atoms with Crippen LogP contribution in [0.3, 0.4) is 0 Å². The Hall–Kier alpha value is -3.80. The number of hydrazone groups is 1. The molecule has 1 N–H and O–H groups in total. The summed E-state index contributed by atoms with van der Waals surface area (Å²) in [6.07, 6.45) is 1.91. The molecule has 30 heavy (non-hydrogen) atoms. The Labute approximate surface area is 174 Å². The van der Waals surface area contributed by atoms with Gasteiger partial charge in [-0.25, -0.2) is 5.43 Å². The minimum absolute atomic E-state index is 0.145. The van der Waals surface area contributed by atoms with Gasteiger partial charge in [0.2, 0.25) is 5.91 Å². The summed E-state index contributed by atoms with van der Waals surface area (Å²) >= 11 is 0. The number of ether oxygens (including phenoxy) is 2. The van der Waals surface area contributed by atoms with Crippen molar-refractivity contribution < 1.29 is 14.3 Å². The van der Waals surface area contributed by atoms with E-state index in [0.717, 1.165) is 16.6 Å². The van der Waals surface area contributed by atoms with E-state index in [1.165, 1.54) is 10.8 Å². The van der Waals surface area contributed by atoms with Crippen molar-refractivity contribution in [2.75, 3.05) is 14.2 Å². The van der Waals surface area contributed by atoms with E-state index in [-0.39, 0.29) is 5.91 Å². The molecule has 0 aliphatic heterocycles. The number of aromatic nitrogens is 1. The summed E-state index contributed by atoms with van der Waals surface area (Å²) in [4.78, 5) is 12.3. The second kappa shape index (κ2) is 8.69. The third-order valence-electron chi connectivity index (χ3n) is 5.05. The molecule has 6 heteroatoms. The maximum absolute atomic E-state index is 12.3. The molecule has 6 nitrogen and oxygen atoms in total. The first kappa shape index (κ1) is 19.5. The minimum Gasteiger partial charge on any atom is -0.493 e. The predicted molar refractivity (Wildman–Crippen MR) is 119 cm³/mol. The summed E-state index contributed by atoms with van der Waals surface area (Å²) in [6, 6.07) is 21.9. The SMILES string of the molecule is COc1ccc(/C=N\NC(=O)CCn2c3ccccc3c3ccccc32)cc1OC. The van der Waals surface area contributed by atoms with Gasteiger partial charge in [0.05, 0.1) is 20.4 Å². The number of hydrogen-bond acceptors (Lipinski definition) is 4. The third kappa shape index (κ3) is 3.85. The van der Waals surface area contributed by atoms with Gasteiger partial charge in [-0.05, 0) is 35.9 Å². The van der Waals surface area contributed by atoms with Crippen LogP contribution in [0, 0.1) is 0 Å². The van der Waals surface area contributed by atoms with Crippen LogP contribution >= 0.6 is 0 Å². The molecule has 0 unspecified atom stereocenters. The first-order valence-corrected chi connectivity index (χ1v) is 9.71. The molecule has 0 saturated carbocycles. The maximum Gasteiger partial charge on any atom is 0.241 e. The van der Waals surface area contributed by atoms with Crippen molar-refractivity contribution in [1.29, 1.82) is 0 Å². The lowest BCUT2D eigenvalue weighted by atomic mass is 10.2. The lowest BCUT2D eigenvalue weighted by Gasteiger charge is -2.08. The van der Waals surface area contributed by atoms with Gasteiger partial charge >= 0.3 is 0 Å². The van der Waals surface area contributed by atoms with Crippen LogP contribution in [-0.4, -0.2) is 30.9 Å². The van der Waals surface area contributed by atoms with Crippen LogP contribution in [0.4, 0.5) is 0 Å². The number of carbonyl (C=O) groups excluding carboxylic acids is 1. The van der Waals surface area contributed by atoms with Gasteiger partial charge in [0.1, 0.15) is 0 Å². The summed E-state index contributed by atoms with van der Waals surface area (Å²) in [5.41, 5.74) is 5.65. The average molecular weight is 401 g/mol. The molecule has 4 rings (SSSR count). The molecule has 0 aliphatic rings. The Balaban J connectivity index is 1.44. The van der Waals surface area contributed by atoms with Crippen LogP contribution in [-0.2, 0) is 11.3 Å². The van der Waals surface area contributed by atoms with E-state index in [4.69, 9.17) is 9.47 Å². The summed E-state index contributed by atoms with van der Waals surface area (Å²) in [5.74, 6) is 1.11. The number of fused-ring (bicyclic) bond motifs is 3. The van der Waals surface area contributed by atoms with Crippen molar-refractivity contribution in [2.45, 2.75) is 13.0 Å². The van der Waals surface area contributed by atoms with Crippen molar-refractivity contribution >= 4 is 33.9 Å². The molecular formula is C24H23N3O3. The zero-order chi connectivity index (χ0) is 20.9. The number of aryl methyl sites for hydroxylation is 1. The van der Waals surface area contributed by atoms with E-state index >= 15 is 0 Å². The van der Waals surface area contributed by atoms with Gasteiger partial charge in [-0.15, -0.1) is 0 Å². The highest BCUT2D eigenvalue weighted by atomic mass is 16.5. The zero-order valence-corrected chi connectivity index (χ0v) is 17.0. The van der Waals surface area contributed by atoms with Gasteiger partial charge in [-0.2, -0.15) is 5.10 Å². The summed E-state index contributed by atoms with van der Waals surface area (Å²) < 4.78 is 12.7. The third-order valence-corrected chi connectivity index (χ3v) is 5.05. The van der Waals surface area contributed by atoms with Crippen LogP contribution in [0.1, 0.15) is 12.0 Å². The molecular weight excluding hydrogens is 378 g/mol. The van der Waals surface area contributed by atoms with Crippen molar-refractivity contribution in [3.8, 4) is 11.5 Å². The fraction of sp³-hybridized carbons (Fsp3) is 0.167. The number of nitrogens with zero attached hydrogens (tertiary/aromatic N) is 2. The number of benzene rings is 3. The summed E-state index contributed by atoms with van der Waals surface area (Å²) in [7, 11) is 3.16. The first-order valence-electron chi connectivity index (χ1n) is 9.71. The number of methoxy groups -OCH3 is 2. The molecule has 3 aromatic carbocycles. The van der Waals surface area contributed by atoms with Crippen LogP contribution < -0.4 is 14.9 Å². The minimum atomic E-state index is -0.145. The van der Waals surface area contributed by atoms with Crippen molar-refractivity contribution in [3.63, 3.8) is 0 Å². The Kier molecular flexibility index (Phi) is 5.66. The van der Waals surface area contributed by atoms with Gasteiger partial charge in [0.25, 0.3) is 0 Å². The van der Waals surface area contributed by atoms with E-state index < -0.39 is 0 Å². The second-order valence-corrected chi connectivity index (χ2v) is 6.84. The zero-order valence-electron chi connectivity index (χ0n) is 17.0. The number of hydrogen-bond donors (Lipinski definition) is 1. The maximum atomic E-state index is 12.3. The predicted octanol–water partition coefficient (Wildman–Crippen LogP) is 4.35. The molecule has 1 amide bonds. The first-order chi connectivity index (χ1) is 14.7. The van der Waals surface area contributed by atoms with Crippen molar-refractivity contribution in [2.24, 2.45) is 5.10 Å². The van der Waals surface area contributed by atoms with Crippen LogP contribution in [0.25, 0.3) is 21.8 Å². The largest absolute Gasteiger partial charge is 0.493 e. The average Bonchev–Trinajstić information content (AvgIpc) is 3.11. The lowest BCUT2D eigenvalue weighted by molar-refractivity contribution is -0.121.